The van der Waals surface area contributed by atoms with Crippen LogP contribution < -0.4 is 10.1 Å². The van der Waals surface area contributed by atoms with Crippen LogP contribution in [0.4, 0.5) is 0 Å². The van der Waals surface area contributed by atoms with Gasteiger partial charge < -0.3 is 14.5 Å². The molecule has 0 radical (unpaired) electrons. The summed E-state index contributed by atoms with van der Waals surface area (Å²) in [6.07, 6.45) is 3.31. The molecule has 3 aromatic rings. The van der Waals surface area contributed by atoms with Crippen molar-refractivity contribution in [2.45, 2.75) is 27.0 Å². The Morgan fingerprint density at radius 3 is 2.68 bits per heavy atom. The van der Waals surface area contributed by atoms with Crippen molar-refractivity contribution < 1.29 is 13.9 Å². The quantitative estimate of drug-likeness (QED) is 0.747. The molecule has 0 unspecified atom stereocenters. The van der Waals surface area contributed by atoms with Crippen LogP contribution in [-0.2, 0) is 13.2 Å². The van der Waals surface area contributed by atoms with Crippen LogP contribution >= 0.6 is 0 Å². The van der Waals surface area contributed by atoms with Crippen molar-refractivity contribution in [3.05, 3.63) is 77.3 Å². The number of benzene rings is 1. The van der Waals surface area contributed by atoms with Gasteiger partial charge in [-0.15, -0.1) is 0 Å². The molecule has 1 N–H and O–H groups in total. The summed E-state index contributed by atoms with van der Waals surface area (Å²) in [5.74, 6) is 1.35. The van der Waals surface area contributed by atoms with E-state index in [0.29, 0.717) is 18.0 Å². The number of aryl methyl sites for hydroxylation is 2. The average molecular weight is 337 g/mol. The lowest BCUT2D eigenvalue weighted by Crippen LogP contribution is -2.23. The minimum atomic E-state index is -0.286. The van der Waals surface area contributed by atoms with E-state index >= 15 is 0 Å². The highest BCUT2D eigenvalue weighted by Gasteiger charge is 2.16. The molecule has 0 saturated heterocycles. The molecule has 25 heavy (non-hydrogen) atoms. The largest absolute Gasteiger partial charge is 0.486 e. The molecule has 0 fully saturated rings. The molecule has 0 aliphatic carbocycles. The van der Waals surface area contributed by atoms with Crippen molar-refractivity contribution in [1.82, 2.24) is 15.3 Å². The molecule has 0 aliphatic rings. The van der Waals surface area contributed by atoms with E-state index in [0.717, 1.165) is 17.0 Å². The molecule has 3 rings (SSSR count). The molecule has 0 aliphatic heterocycles. The number of nitrogens with one attached hydrogen (secondary N) is 1. The Hall–Kier alpha value is -3.15. The van der Waals surface area contributed by atoms with E-state index in [2.05, 4.69) is 15.3 Å². The Bertz CT molecular complexity index is 842. The molecule has 0 bridgehead atoms. The number of amides is 1. The molecule has 2 heterocycles. The van der Waals surface area contributed by atoms with Gasteiger partial charge in [0, 0.05) is 11.8 Å². The molecule has 1 aromatic carbocycles. The van der Waals surface area contributed by atoms with Crippen molar-refractivity contribution in [3.63, 3.8) is 0 Å². The second-order valence-corrected chi connectivity index (χ2v) is 5.66. The van der Waals surface area contributed by atoms with Crippen LogP contribution in [0.3, 0.4) is 0 Å². The van der Waals surface area contributed by atoms with E-state index < -0.39 is 0 Å². The van der Waals surface area contributed by atoms with Gasteiger partial charge in [0.05, 0.1) is 24.1 Å². The summed E-state index contributed by atoms with van der Waals surface area (Å²) in [7, 11) is 0. The zero-order chi connectivity index (χ0) is 17.6. The number of carbonyl (C=O) groups excluding carboxylic acids is 1. The summed E-state index contributed by atoms with van der Waals surface area (Å²) in [6.45, 7) is 4.25. The van der Waals surface area contributed by atoms with Crippen molar-refractivity contribution in [2.75, 3.05) is 0 Å². The number of rotatable bonds is 6. The highest BCUT2D eigenvalue weighted by atomic mass is 16.5. The molecule has 1 amide bonds. The fourth-order valence-corrected chi connectivity index (χ4v) is 2.28. The highest BCUT2D eigenvalue weighted by molar-refractivity contribution is 5.92. The monoisotopic (exact) mass is 337 g/mol. The van der Waals surface area contributed by atoms with Crippen LogP contribution in [0.15, 0.2) is 53.2 Å². The van der Waals surface area contributed by atoms with Crippen LogP contribution in [-0.4, -0.2) is 15.9 Å². The van der Waals surface area contributed by atoms with Gasteiger partial charge in [-0.2, -0.15) is 0 Å². The van der Waals surface area contributed by atoms with E-state index in [1.165, 1.54) is 0 Å². The lowest BCUT2D eigenvalue weighted by atomic mass is 10.2. The predicted molar refractivity (Wildman–Crippen MR) is 92.2 cm³/mol. The SMILES string of the molecule is Cc1cnc(CNC(=O)c2oc(COc3ccccc3)cc2C)cn1. The van der Waals surface area contributed by atoms with Crippen LogP contribution in [0.5, 0.6) is 5.75 Å². The van der Waals surface area contributed by atoms with Gasteiger partial charge in [-0.25, -0.2) is 0 Å². The highest BCUT2D eigenvalue weighted by Crippen LogP contribution is 2.17. The predicted octanol–water partition coefficient (Wildman–Crippen LogP) is 3.20. The Morgan fingerprint density at radius 2 is 1.96 bits per heavy atom. The Labute approximate surface area is 145 Å². The van der Waals surface area contributed by atoms with Crippen LogP contribution in [0.1, 0.15) is 33.3 Å². The average Bonchev–Trinajstić information content (AvgIpc) is 3.01. The molecular formula is C19H19N3O3. The van der Waals surface area contributed by atoms with Gasteiger partial charge in [-0.05, 0) is 32.0 Å². The van der Waals surface area contributed by atoms with Crippen LogP contribution in [0.2, 0.25) is 0 Å². The van der Waals surface area contributed by atoms with E-state index in [1.807, 2.05) is 50.2 Å². The molecule has 2 aromatic heterocycles. The van der Waals surface area contributed by atoms with Gasteiger partial charge in [0.1, 0.15) is 18.1 Å². The van der Waals surface area contributed by atoms with Crippen molar-refractivity contribution >= 4 is 5.91 Å². The number of aromatic nitrogens is 2. The van der Waals surface area contributed by atoms with Crippen molar-refractivity contribution in [2.24, 2.45) is 0 Å². The molecule has 0 saturated carbocycles. The summed E-state index contributed by atoms with van der Waals surface area (Å²) in [6, 6.07) is 11.3. The zero-order valence-corrected chi connectivity index (χ0v) is 14.2. The standard InChI is InChI=1S/C19H19N3O3/c1-13-8-17(12-24-16-6-4-3-5-7-16)25-18(13)19(23)22-11-15-10-20-14(2)9-21-15/h3-10H,11-12H2,1-2H3,(H,22,23). The third-order valence-electron chi connectivity index (χ3n) is 3.56. The van der Waals surface area contributed by atoms with Gasteiger partial charge in [-0.1, -0.05) is 18.2 Å². The first kappa shape index (κ1) is 16.7. The number of hydrogen-bond donors (Lipinski definition) is 1. The van der Waals surface area contributed by atoms with Crippen molar-refractivity contribution in [1.29, 1.82) is 0 Å². The number of carbonyl (C=O) groups is 1. The fraction of sp³-hybridized carbons (Fsp3) is 0.211. The van der Waals surface area contributed by atoms with E-state index in [-0.39, 0.29) is 18.3 Å². The van der Waals surface area contributed by atoms with Gasteiger partial charge >= 0.3 is 0 Å². The number of para-hydroxylation sites is 1. The van der Waals surface area contributed by atoms with Crippen molar-refractivity contribution in [3.8, 4) is 5.75 Å². The zero-order valence-electron chi connectivity index (χ0n) is 14.2. The first-order valence-corrected chi connectivity index (χ1v) is 7.94. The third kappa shape index (κ3) is 4.44. The van der Waals surface area contributed by atoms with Gasteiger partial charge in [0.2, 0.25) is 0 Å². The number of nitrogens with zero attached hydrogens (tertiary/aromatic N) is 2. The maximum Gasteiger partial charge on any atom is 0.287 e. The Balaban J connectivity index is 1.59. The van der Waals surface area contributed by atoms with Crippen LogP contribution in [0.25, 0.3) is 0 Å². The van der Waals surface area contributed by atoms with Gasteiger partial charge in [0.15, 0.2) is 5.76 Å². The summed E-state index contributed by atoms with van der Waals surface area (Å²) < 4.78 is 11.3. The number of ether oxygens (including phenoxy) is 1. The minimum Gasteiger partial charge on any atom is -0.486 e. The first-order valence-electron chi connectivity index (χ1n) is 7.94. The first-order chi connectivity index (χ1) is 12.1. The molecule has 128 valence electrons. The second-order valence-electron chi connectivity index (χ2n) is 5.66. The number of hydrogen-bond acceptors (Lipinski definition) is 5. The van der Waals surface area contributed by atoms with E-state index in [9.17, 15) is 4.79 Å². The maximum absolute atomic E-state index is 12.3. The molecule has 6 heteroatoms. The molecular weight excluding hydrogens is 318 g/mol. The normalized spacial score (nSPS) is 10.5. The van der Waals surface area contributed by atoms with E-state index in [1.54, 1.807) is 12.4 Å². The summed E-state index contributed by atoms with van der Waals surface area (Å²) in [5, 5.41) is 2.79. The minimum absolute atomic E-state index is 0.265. The van der Waals surface area contributed by atoms with E-state index in [4.69, 9.17) is 9.15 Å². The summed E-state index contributed by atoms with van der Waals surface area (Å²) in [4.78, 5) is 20.7. The second kappa shape index (κ2) is 7.61. The fourth-order valence-electron chi connectivity index (χ4n) is 2.28. The lowest BCUT2D eigenvalue weighted by molar-refractivity contribution is 0.0917. The topological polar surface area (TPSA) is 77.2 Å². The molecule has 0 spiro atoms. The Morgan fingerprint density at radius 1 is 1.16 bits per heavy atom. The summed E-state index contributed by atoms with van der Waals surface area (Å²) in [5.41, 5.74) is 2.29. The van der Waals surface area contributed by atoms with Gasteiger partial charge in [0.25, 0.3) is 5.91 Å². The summed E-state index contributed by atoms with van der Waals surface area (Å²) >= 11 is 0. The molecule has 0 atom stereocenters. The smallest absolute Gasteiger partial charge is 0.287 e. The lowest BCUT2D eigenvalue weighted by Gasteiger charge is -2.04. The van der Waals surface area contributed by atoms with Gasteiger partial charge in [-0.3, -0.25) is 14.8 Å². The third-order valence-corrected chi connectivity index (χ3v) is 3.56. The molecule has 6 nitrogen and oxygen atoms in total. The maximum atomic E-state index is 12.3. The number of furan rings is 1. The van der Waals surface area contributed by atoms with Crippen LogP contribution in [0, 0.1) is 13.8 Å². The Kier molecular flexibility index (Phi) is 5.09.